The molecular weight excluding hydrogens is 256 g/mol. The van der Waals surface area contributed by atoms with Gasteiger partial charge in [-0.05, 0) is 29.3 Å². The first kappa shape index (κ1) is 12.4. The topological polar surface area (TPSA) is 34.9 Å². The zero-order valence-electron chi connectivity index (χ0n) is 9.29. The molecule has 1 aromatic rings. The maximum atomic E-state index is 11.7. The fourth-order valence-corrected chi connectivity index (χ4v) is 1.83. The van der Waals surface area contributed by atoms with Gasteiger partial charge in [0.05, 0.1) is 0 Å². The maximum absolute atomic E-state index is 11.7. The van der Waals surface area contributed by atoms with Crippen LogP contribution in [-0.2, 0) is 6.54 Å². The molecule has 1 aromatic heterocycles. The number of hydrogen-bond acceptors (Lipinski definition) is 2. The van der Waals surface area contributed by atoms with E-state index in [1.54, 1.807) is 10.8 Å². The van der Waals surface area contributed by atoms with E-state index in [2.05, 4.69) is 27.8 Å². The van der Waals surface area contributed by atoms with Crippen molar-refractivity contribution in [1.29, 1.82) is 0 Å². The largest absolute Gasteiger partial charge is 0.296 e. The molecule has 3 nitrogen and oxygen atoms in total. The third kappa shape index (κ3) is 3.45. The van der Waals surface area contributed by atoms with Gasteiger partial charge < -0.3 is 0 Å². The van der Waals surface area contributed by atoms with Gasteiger partial charge >= 0.3 is 0 Å². The molecule has 0 saturated heterocycles. The SMILES string of the molecule is CCCCCCn1c(C)ncc(Br)c1=O. The monoisotopic (exact) mass is 272 g/mol. The highest BCUT2D eigenvalue weighted by atomic mass is 79.9. The Hall–Kier alpha value is -0.640. The summed E-state index contributed by atoms with van der Waals surface area (Å²) >= 11 is 3.21. The van der Waals surface area contributed by atoms with Crippen molar-refractivity contribution < 1.29 is 0 Å². The number of halogens is 1. The summed E-state index contributed by atoms with van der Waals surface area (Å²) in [6.07, 6.45) is 6.24. The molecule has 0 aliphatic heterocycles. The molecule has 0 radical (unpaired) electrons. The van der Waals surface area contributed by atoms with Crippen LogP contribution in [0.5, 0.6) is 0 Å². The number of rotatable bonds is 5. The predicted molar refractivity (Wildman–Crippen MR) is 65.1 cm³/mol. The van der Waals surface area contributed by atoms with Crippen LogP contribution in [0.25, 0.3) is 0 Å². The molecule has 1 rings (SSSR count). The van der Waals surface area contributed by atoms with E-state index in [0.717, 1.165) is 18.8 Å². The second-order valence-corrected chi connectivity index (χ2v) is 4.53. The lowest BCUT2D eigenvalue weighted by atomic mass is 10.2. The van der Waals surface area contributed by atoms with Crippen LogP contribution < -0.4 is 5.56 Å². The summed E-state index contributed by atoms with van der Waals surface area (Å²) in [6, 6.07) is 0. The van der Waals surface area contributed by atoms with Gasteiger partial charge in [-0.2, -0.15) is 0 Å². The standard InChI is InChI=1S/C11H17BrN2O/c1-3-4-5-6-7-14-9(2)13-8-10(12)11(14)15/h8H,3-7H2,1-2H3. The van der Waals surface area contributed by atoms with Crippen LogP contribution in [0.1, 0.15) is 38.4 Å². The minimum absolute atomic E-state index is 0.0269. The van der Waals surface area contributed by atoms with Crippen molar-refractivity contribution in [2.45, 2.75) is 46.1 Å². The van der Waals surface area contributed by atoms with E-state index in [0.29, 0.717) is 4.47 Å². The van der Waals surface area contributed by atoms with Crippen molar-refractivity contribution in [3.05, 3.63) is 26.8 Å². The van der Waals surface area contributed by atoms with Gasteiger partial charge in [-0.15, -0.1) is 0 Å². The smallest absolute Gasteiger partial charge is 0.267 e. The molecule has 0 atom stereocenters. The van der Waals surface area contributed by atoms with Gasteiger partial charge in [0, 0.05) is 12.7 Å². The van der Waals surface area contributed by atoms with Gasteiger partial charge in [0.25, 0.3) is 5.56 Å². The van der Waals surface area contributed by atoms with Crippen LogP contribution in [0.15, 0.2) is 15.5 Å². The lowest BCUT2D eigenvalue weighted by Gasteiger charge is -2.08. The Balaban J connectivity index is 2.68. The van der Waals surface area contributed by atoms with Crippen molar-refractivity contribution in [3.63, 3.8) is 0 Å². The van der Waals surface area contributed by atoms with Gasteiger partial charge in [-0.25, -0.2) is 4.98 Å². The molecule has 84 valence electrons. The van der Waals surface area contributed by atoms with Crippen LogP contribution >= 0.6 is 15.9 Å². The van der Waals surface area contributed by atoms with E-state index >= 15 is 0 Å². The molecule has 0 aliphatic rings. The lowest BCUT2D eigenvalue weighted by molar-refractivity contribution is 0.550. The number of aryl methyl sites for hydroxylation is 1. The highest BCUT2D eigenvalue weighted by Crippen LogP contribution is 2.04. The van der Waals surface area contributed by atoms with Gasteiger partial charge in [0.2, 0.25) is 0 Å². The van der Waals surface area contributed by atoms with Crippen molar-refractivity contribution in [3.8, 4) is 0 Å². The van der Waals surface area contributed by atoms with E-state index in [9.17, 15) is 4.79 Å². The molecule has 0 fully saturated rings. The Bertz CT molecular complexity index is 373. The van der Waals surface area contributed by atoms with Crippen molar-refractivity contribution >= 4 is 15.9 Å². The Morgan fingerprint density at radius 1 is 1.40 bits per heavy atom. The van der Waals surface area contributed by atoms with E-state index in [1.807, 2.05) is 6.92 Å². The predicted octanol–water partition coefficient (Wildman–Crippen LogP) is 2.89. The zero-order valence-corrected chi connectivity index (χ0v) is 10.9. The average Bonchev–Trinajstić information content (AvgIpc) is 2.23. The third-order valence-corrected chi connectivity index (χ3v) is 2.98. The molecule has 0 amide bonds. The van der Waals surface area contributed by atoms with Gasteiger partial charge in [-0.3, -0.25) is 9.36 Å². The Kier molecular flexibility index (Phi) is 5.02. The lowest BCUT2D eigenvalue weighted by Crippen LogP contribution is -2.24. The van der Waals surface area contributed by atoms with E-state index in [4.69, 9.17) is 0 Å². The summed E-state index contributed by atoms with van der Waals surface area (Å²) < 4.78 is 2.28. The Morgan fingerprint density at radius 3 is 2.80 bits per heavy atom. The van der Waals surface area contributed by atoms with Gasteiger partial charge in [-0.1, -0.05) is 26.2 Å². The summed E-state index contributed by atoms with van der Waals surface area (Å²) in [4.78, 5) is 15.9. The summed E-state index contributed by atoms with van der Waals surface area (Å²) in [7, 11) is 0. The van der Waals surface area contributed by atoms with Gasteiger partial charge in [0.15, 0.2) is 0 Å². The highest BCUT2D eigenvalue weighted by Gasteiger charge is 2.04. The molecule has 15 heavy (non-hydrogen) atoms. The van der Waals surface area contributed by atoms with Gasteiger partial charge in [0.1, 0.15) is 10.3 Å². The van der Waals surface area contributed by atoms with Crippen molar-refractivity contribution in [2.24, 2.45) is 0 Å². The molecule has 0 bridgehead atoms. The number of unbranched alkanes of at least 4 members (excludes halogenated alkanes) is 3. The van der Waals surface area contributed by atoms with E-state index in [-0.39, 0.29) is 5.56 Å². The maximum Gasteiger partial charge on any atom is 0.267 e. The number of aromatic nitrogens is 2. The number of hydrogen-bond donors (Lipinski definition) is 0. The van der Waals surface area contributed by atoms with E-state index < -0.39 is 0 Å². The summed E-state index contributed by atoms with van der Waals surface area (Å²) in [5.41, 5.74) is 0.0269. The Morgan fingerprint density at radius 2 is 2.13 bits per heavy atom. The fraction of sp³-hybridized carbons (Fsp3) is 0.636. The van der Waals surface area contributed by atoms with Crippen LogP contribution in [0.3, 0.4) is 0 Å². The summed E-state index contributed by atoms with van der Waals surface area (Å²) in [5.74, 6) is 0.791. The summed E-state index contributed by atoms with van der Waals surface area (Å²) in [5, 5.41) is 0. The molecule has 4 heteroatoms. The molecule has 0 unspecified atom stereocenters. The minimum Gasteiger partial charge on any atom is -0.296 e. The van der Waals surface area contributed by atoms with Crippen LogP contribution in [-0.4, -0.2) is 9.55 Å². The second kappa shape index (κ2) is 6.05. The first-order chi connectivity index (χ1) is 7.16. The highest BCUT2D eigenvalue weighted by molar-refractivity contribution is 9.10. The molecule has 0 N–H and O–H groups in total. The van der Waals surface area contributed by atoms with Crippen molar-refractivity contribution in [2.75, 3.05) is 0 Å². The van der Waals surface area contributed by atoms with E-state index in [1.165, 1.54) is 19.3 Å². The first-order valence-electron chi connectivity index (χ1n) is 5.38. The third-order valence-electron chi connectivity index (χ3n) is 2.44. The summed E-state index contributed by atoms with van der Waals surface area (Å²) in [6.45, 7) is 4.82. The first-order valence-corrected chi connectivity index (χ1v) is 6.18. The van der Waals surface area contributed by atoms with Crippen LogP contribution in [0.4, 0.5) is 0 Å². The average molecular weight is 273 g/mol. The molecule has 1 heterocycles. The molecular formula is C11H17BrN2O. The quantitative estimate of drug-likeness (QED) is 0.773. The molecule has 0 aromatic carbocycles. The molecule has 0 saturated carbocycles. The minimum atomic E-state index is 0.0269. The molecule has 0 spiro atoms. The normalized spacial score (nSPS) is 10.6. The van der Waals surface area contributed by atoms with Crippen molar-refractivity contribution in [1.82, 2.24) is 9.55 Å². The molecule has 0 aliphatic carbocycles. The van der Waals surface area contributed by atoms with Crippen LogP contribution in [0, 0.1) is 6.92 Å². The Labute approximate surface area is 98.7 Å². The zero-order chi connectivity index (χ0) is 11.3. The fourth-order valence-electron chi connectivity index (χ4n) is 1.51. The van der Waals surface area contributed by atoms with Crippen LogP contribution in [0.2, 0.25) is 0 Å². The second-order valence-electron chi connectivity index (χ2n) is 3.67. The number of nitrogens with zero attached hydrogens (tertiary/aromatic N) is 2.